The molecule has 1 aromatic carbocycles. The quantitative estimate of drug-likeness (QED) is 0.690. The first kappa shape index (κ1) is 21.4. The van der Waals surface area contributed by atoms with Crippen molar-refractivity contribution in [1.29, 1.82) is 0 Å². The van der Waals surface area contributed by atoms with Crippen LogP contribution < -0.4 is 19.5 Å². The van der Waals surface area contributed by atoms with Crippen LogP contribution in [0.3, 0.4) is 0 Å². The van der Waals surface area contributed by atoms with Gasteiger partial charge < -0.3 is 29.0 Å². The third-order valence-electron chi connectivity index (χ3n) is 4.43. The van der Waals surface area contributed by atoms with Crippen LogP contribution in [0.1, 0.15) is 31.2 Å². The maximum atomic E-state index is 12.4. The Balaban J connectivity index is 1.68. The third-order valence-corrected chi connectivity index (χ3v) is 5.55. The van der Waals surface area contributed by atoms with E-state index >= 15 is 0 Å². The number of nitrogens with one attached hydrogen (secondary N) is 1. The van der Waals surface area contributed by atoms with Gasteiger partial charge in [0, 0.05) is 4.88 Å². The second kappa shape index (κ2) is 9.04. The Labute approximate surface area is 176 Å². The van der Waals surface area contributed by atoms with Gasteiger partial charge in [0.15, 0.2) is 18.1 Å². The summed E-state index contributed by atoms with van der Waals surface area (Å²) in [6.07, 6.45) is 0. The molecule has 9 nitrogen and oxygen atoms in total. The van der Waals surface area contributed by atoms with Gasteiger partial charge in [0.1, 0.15) is 18.2 Å². The predicted octanol–water partition coefficient (Wildman–Crippen LogP) is 2.73. The van der Waals surface area contributed by atoms with Crippen LogP contribution >= 0.6 is 11.3 Å². The molecule has 0 saturated carbocycles. The van der Waals surface area contributed by atoms with Gasteiger partial charge in [0.05, 0.1) is 25.3 Å². The molecule has 1 aliphatic heterocycles. The largest absolute Gasteiger partial charge is 0.493 e. The number of hydrogen-bond acceptors (Lipinski definition) is 9. The molecule has 30 heavy (non-hydrogen) atoms. The highest BCUT2D eigenvalue weighted by Gasteiger charge is 2.24. The van der Waals surface area contributed by atoms with E-state index in [1.54, 1.807) is 6.92 Å². The molecule has 0 bridgehead atoms. The molecule has 0 spiro atoms. The SMILES string of the molecule is COC(=O)c1c(NC(=O)COC(=O)c2cc(OC)c3c(c2)OCCO3)sc(C)c1C. The number of anilines is 1. The number of carbonyl (C=O) groups excluding carboxylic acids is 3. The number of esters is 2. The summed E-state index contributed by atoms with van der Waals surface area (Å²) in [5.41, 5.74) is 1.17. The van der Waals surface area contributed by atoms with Crippen LogP contribution in [0.4, 0.5) is 5.00 Å². The lowest BCUT2D eigenvalue weighted by Gasteiger charge is -2.21. The molecule has 0 radical (unpaired) electrons. The van der Waals surface area contributed by atoms with E-state index in [4.69, 9.17) is 23.7 Å². The molecule has 0 unspecified atom stereocenters. The Morgan fingerprint density at radius 1 is 1.10 bits per heavy atom. The van der Waals surface area contributed by atoms with E-state index in [1.165, 1.54) is 37.7 Å². The molecule has 2 aromatic rings. The Kier molecular flexibility index (Phi) is 6.46. The number of fused-ring (bicyclic) bond motifs is 1. The molecule has 160 valence electrons. The molecule has 0 aliphatic carbocycles. The number of benzene rings is 1. The van der Waals surface area contributed by atoms with E-state index in [0.717, 1.165) is 10.4 Å². The number of ether oxygens (including phenoxy) is 5. The van der Waals surface area contributed by atoms with Crippen molar-refractivity contribution >= 4 is 34.2 Å². The molecular formula is C20H21NO8S. The van der Waals surface area contributed by atoms with E-state index in [9.17, 15) is 14.4 Å². The predicted molar refractivity (Wildman–Crippen MR) is 108 cm³/mol. The number of amides is 1. The summed E-state index contributed by atoms with van der Waals surface area (Å²) in [4.78, 5) is 37.6. The highest BCUT2D eigenvalue weighted by atomic mass is 32.1. The van der Waals surface area contributed by atoms with Crippen molar-refractivity contribution in [2.24, 2.45) is 0 Å². The Hall–Kier alpha value is -3.27. The highest BCUT2D eigenvalue weighted by molar-refractivity contribution is 7.16. The van der Waals surface area contributed by atoms with Crippen LogP contribution in [0, 0.1) is 13.8 Å². The number of carbonyl (C=O) groups is 3. The van der Waals surface area contributed by atoms with Crippen LogP contribution in [0.2, 0.25) is 0 Å². The second-order valence-electron chi connectivity index (χ2n) is 6.31. The zero-order chi connectivity index (χ0) is 21.8. The molecule has 0 atom stereocenters. The standard InChI is InChI=1S/C20H21NO8S/c1-10-11(2)30-18(16(10)20(24)26-4)21-15(22)9-29-19(23)12-7-13(25-3)17-14(8-12)27-5-6-28-17/h7-8H,5-6,9H2,1-4H3,(H,21,22). The maximum absolute atomic E-state index is 12.4. The van der Waals surface area contributed by atoms with Crippen LogP contribution in [0.5, 0.6) is 17.2 Å². The van der Waals surface area contributed by atoms with Crippen molar-refractivity contribution in [3.8, 4) is 17.2 Å². The van der Waals surface area contributed by atoms with Gasteiger partial charge in [-0.15, -0.1) is 11.3 Å². The smallest absolute Gasteiger partial charge is 0.341 e. The van der Waals surface area contributed by atoms with E-state index < -0.39 is 24.5 Å². The zero-order valence-electron chi connectivity index (χ0n) is 17.0. The molecule has 3 rings (SSSR count). The minimum atomic E-state index is -0.729. The molecule has 1 N–H and O–H groups in total. The van der Waals surface area contributed by atoms with Gasteiger partial charge in [-0.2, -0.15) is 0 Å². The molecule has 1 aliphatic rings. The summed E-state index contributed by atoms with van der Waals surface area (Å²) in [7, 11) is 2.71. The topological polar surface area (TPSA) is 109 Å². The lowest BCUT2D eigenvalue weighted by Crippen LogP contribution is -2.22. The van der Waals surface area contributed by atoms with Crippen LogP contribution in [-0.4, -0.2) is 51.9 Å². The summed E-state index contributed by atoms with van der Waals surface area (Å²) >= 11 is 1.24. The number of aryl methyl sites for hydroxylation is 1. The van der Waals surface area contributed by atoms with Gasteiger partial charge >= 0.3 is 11.9 Å². The lowest BCUT2D eigenvalue weighted by atomic mass is 10.1. The minimum Gasteiger partial charge on any atom is -0.493 e. The first-order valence-corrected chi connectivity index (χ1v) is 9.80. The molecule has 1 amide bonds. The summed E-state index contributed by atoms with van der Waals surface area (Å²) < 4.78 is 26.1. The first-order valence-electron chi connectivity index (χ1n) is 8.98. The van der Waals surface area contributed by atoms with E-state index in [2.05, 4.69) is 5.32 Å². The fourth-order valence-corrected chi connectivity index (χ4v) is 3.90. The molecule has 2 heterocycles. The van der Waals surface area contributed by atoms with Crippen molar-refractivity contribution in [2.45, 2.75) is 13.8 Å². The van der Waals surface area contributed by atoms with Crippen molar-refractivity contribution in [1.82, 2.24) is 0 Å². The van der Waals surface area contributed by atoms with Crippen molar-refractivity contribution < 1.29 is 38.1 Å². The fourth-order valence-electron chi connectivity index (χ4n) is 2.83. The van der Waals surface area contributed by atoms with E-state index in [-0.39, 0.29) is 11.1 Å². The minimum absolute atomic E-state index is 0.155. The number of rotatable bonds is 6. The van der Waals surface area contributed by atoms with Crippen LogP contribution in [-0.2, 0) is 14.3 Å². The van der Waals surface area contributed by atoms with Gasteiger partial charge in [-0.25, -0.2) is 9.59 Å². The Morgan fingerprint density at radius 3 is 2.53 bits per heavy atom. The summed E-state index contributed by atoms with van der Waals surface area (Å²) in [6.45, 7) is 3.79. The monoisotopic (exact) mass is 435 g/mol. The Morgan fingerprint density at radius 2 is 1.83 bits per heavy atom. The van der Waals surface area contributed by atoms with E-state index in [1.807, 2.05) is 6.92 Å². The fraction of sp³-hybridized carbons (Fsp3) is 0.350. The van der Waals surface area contributed by atoms with Crippen molar-refractivity contribution in [3.63, 3.8) is 0 Å². The second-order valence-corrected chi connectivity index (χ2v) is 7.53. The lowest BCUT2D eigenvalue weighted by molar-refractivity contribution is -0.119. The zero-order valence-corrected chi connectivity index (χ0v) is 17.8. The first-order chi connectivity index (χ1) is 14.3. The molecular weight excluding hydrogens is 414 g/mol. The number of methoxy groups -OCH3 is 2. The maximum Gasteiger partial charge on any atom is 0.341 e. The summed E-state index contributed by atoms with van der Waals surface area (Å²) in [5.74, 6) is -0.754. The van der Waals surface area contributed by atoms with Gasteiger partial charge in [-0.05, 0) is 31.5 Å². The average molecular weight is 435 g/mol. The van der Waals surface area contributed by atoms with Gasteiger partial charge in [-0.1, -0.05) is 0 Å². The van der Waals surface area contributed by atoms with Crippen LogP contribution in [0.15, 0.2) is 12.1 Å². The molecule has 1 aromatic heterocycles. The van der Waals surface area contributed by atoms with Crippen molar-refractivity contribution in [3.05, 3.63) is 33.7 Å². The highest BCUT2D eigenvalue weighted by Crippen LogP contribution is 2.40. The van der Waals surface area contributed by atoms with Crippen molar-refractivity contribution in [2.75, 3.05) is 39.4 Å². The Bertz CT molecular complexity index is 980. The average Bonchev–Trinajstić information content (AvgIpc) is 3.03. The molecule has 0 saturated heterocycles. The van der Waals surface area contributed by atoms with Gasteiger partial charge in [0.25, 0.3) is 5.91 Å². The third kappa shape index (κ3) is 4.33. The van der Waals surface area contributed by atoms with Gasteiger partial charge in [-0.3, -0.25) is 4.79 Å². The van der Waals surface area contributed by atoms with Crippen LogP contribution in [0.25, 0.3) is 0 Å². The summed E-state index contributed by atoms with van der Waals surface area (Å²) in [5, 5.41) is 2.95. The molecule has 10 heteroatoms. The summed E-state index contributed by atoms with van der Waals surface area (Å²) in [6, 6.07) is 2.92. The number of thiophene rings is 1. The molecule has 0 fully saturated rings. The normalized spacial score (nSPS) is 12.1. The van der Waals surface area contributed by atoms with E-state index in [0.29, 0.717) is 35.5 Å². The number of hydrogen-bond donors (Lipinski definition) is 1. The van der Waals surface area contributed by atoms with Gasteiger partial charge in [0.2, 0.25) is 5.75 Å².